The quantitative estimate of drug-likeness (QED) is 0.802. The van der Waals surface area contributed by atoms with E-state index in [1.807, 2.05) is 13.8 Å². The van der Waals surface area contributed by atoms with Crippen LogP contribution in [0.4, 0.5) is 5.69 Å². The second-order valence-electron chi connectivity index (χ2n) is 5.09. The number of hydrogen-bond acceptors (Lipinski definition) is 6. The van der Waals surface area contributed by atoms with Crippen molar-refractivity contribution in [1.29, 1.82) is 0 Å². The smallest absolute Gasteiger partial charge is 0.237 e. The number of aromatic nitrogens is 4. The number of nitrogens with one attached hydrogen (secondary N) is 1. The van der Waals surface area contributed by atoms with Gasteiger partial charge in [0.2, 0.25) is 11.1 Å². The molecule has 0 bridgehead atoms. The summed E-state index contributed by atoms with van der Waals surface area (Å²) in [5.74, 6) is 0.362. The first-order chi connectivity index (χ1) is 10.9. The average Bonchev–Trinajstić information content (AvgIpc) is 2.95. The van der Waals surface area contributed by atoms with Gasteiger partial charge in [0.25, 0.3) is 0 Å². The van der Waals surface area contributed by atoms with Crippen LogP contribution in [0.5, 0.6) is 5.75 Å². The van der Waals surface area contributed by atoms with Crippen LogP contribution in [0.3, 0.4) is 0 Å². The molecule has 0 aliphatic carbocycles. The Kier molecular flexibility index (Phi) is 5.84. The number of ether oxygens (including phenoxy) is 1. The highest BCUT2D eigenvalue weighted by molar-refractivity contribution is 8.00. The number of carbonyl (C=O) groups is 1. The molecule has 1 N–H and O–H groups in total. The fourth-order valence-electron chi connectivity index (χ4n) is 1.81. The molecule has 0 spiro atoms. The zero-order valence-corrected chi connectivity index (χ0v) is 14.9. The maximum atomic E-state index is 12.4. The Morgan fingerprint density at radius 3 is 2.78 bits per heavy atom. The zero-order chi connectivity index (χ0) is 17.0. The first-order valence-electron chi connectivity index (χ1n) is 7.01. The molecular weight excluding hydrogens is 338 g/mol. The lowest BCUT2D eigenvalue weighted by Gasteiger charge is -2.14. The van der Waals surface area contributed by atoms with Gasteiger partial charge in [0.05, 0.1) is 24.1 Å². The molecule has 0 fully saturated rings. The topological polar surface area (TPSA) is 81.9 Å². The maximum absolute atomic E-state index is 12.4. The third-order valence-corrected chi connectivity index (χ3v) is 4.30. The lowest BCUT2D eigenvalue weighted by molar-refractivity contribution is -0.115. The van der Waals surface area contributed by atoms with Gasteiger partial charge in [0, 0.05) is 5.02 Å². The van der Waals surface area contributed by atoms with Gasteiger partial charge in [-0.15, -0.1) is 5.10 Å². The lowest BCUT2D eigenvalue weighted by atomic mass is 10.3. The van der Waals surface area contributed by atoms with Crippen molar-refractivity contribution >= 4 is 35.0 Å². The summed E-state index contributed by atoms with van der Waals surface area (Å²) in [6.45, 7) is 5.74. The first-order valence-corrected chi connectivity index (χ1v) is 8.27. The predicted octanol–water partition coefficient (Wildman–Crippen LogP) is 3.04. The molecular formula is C14H18ClN5O2S. The summed E-state index contributed by atoms with van der Waals surface area (Å²) in [5.41, 5.74) is 0.529. The summed E-state index contributed by atoms with van der Waals surface area (Å²) in [7, 11) is 1.54. The molecule has 1 unspecified atom stereocenters. The molecule has 2 aromatic rings. The summed E-state index contributed by atoms with van der Waals surface area (Å²) in [6, 6.07) is 5.17. The van der Waals surface area contributed by atoms with Crippen molar-refractivity contribution in [2.24, 2.45) is 0 Å². The van der Waals surface area contributed by atoms with Gasteiger partial charge in [0.15, 0.2) is 0 Å². The Morgan fingerprint density at radius 1 is 1.39 bits per heavy atom. The van der Waals surface area contributed by atoms with Crippen molar-refractivity contribution < 1.29 is 9.53 Å². The highest BCUT2D eigenvalue weighted by Crippen LogP contribution is 2.29. The van der Waals surface area contributed by atoms with E-state index >= 15 is 0 Å². The van der Waals surface area contributed by atoms with Crippen molar-refractivity contribution in [3.63, 3.8) is 0 Å². The number of halogens is 1. The summed E-state index contributed by atoms with van der Waals surface area (Å²) < 4.78 is 6.90. The summed E-state index contributed by atoms with van der Waals surface area (Å²) in [5, 5.41) is 15.1. The molecule has 7 nitrogen and oxygen atoms in total. The Hall–Kier alpha value is -1.80. The monoisotopic (exact) mass is 355 g/mol. The third-order valence-electron chi connectivity index (χ3n) is 3.02. The summed E-state index contributed by atoms with van der Waals surface area (Å²) in [6.07, 6.45) is 0. The van der Waals surface area contributed by atoms with Crippen LogP contribution >= 0.6 is 23.4 Å². The van der Waals surface area contributed by atoms with Crippen molar-refractivity contribution in [2.45, 2.75) is 37.2 Å². The Balaban J connectivity index is 2.08. The number of anilines is 1. The number of carbonyl (C=O) groups excluding carboxylic acids is 1. The van der Waals surface area contributed by atoms with Crippen LogP contribution in [-0.2, 0) is 4.79 Å². The molecule has 1 heterocycles. The normalized spacial score (nSPS) is 12.3. The van der Waals surface area contributed by atoms with Crippen LogP contribution in [0.1, 0.15) is 26.8 Å². The second-order valence-corrected chi connectivity index (χ2v) is 6.84. The number of amides is 1. The standard InChI is InChI=1S/C14H18ClN5O2S/c1-8(2)20-14(17-18-19-20)23-9(3)13(21)16-11-7-10(15)5-6-12(11)22-4/h5-9H,1-4H3,(H,16,21). The van der Waals surface area contributed by atoms with E-state index in [0.717, 1.165) is 0 Å². The van der Waals surface area contributed by atoms with Crippen LogP contribution in [-0.4, -0.2) is 38.5 Å². The van der Waals surface area contributed by atoms with Gasteiger partial charge in [-0.05, 0) is 49.4 Å². The Labute approximate surface area is 143 Å². The molecule has 0 aliphatic rings. The van der Waals surface area contributed by atoms with Crippen molar-refractivity contribution in [1.82, 2.24) is 20.2 Å². The fraction of sp³-hybridized carbons (Fsp3) is 0.429. The van der Waals surface area contributed by atoms with Crippen molar-refractivity contribution in [2.75, 3.05) is 12.4 Å². The molecule has 1 aromatic carbocycles. The van der Waals surface area contributed by atoms with E-state index in [1.54, 1.807) is 29.8 Å². The van der Waals surface area contributed by atoms with Crippen LogP contribution in [0.2, 0.25) is 5.02 Å². The minimum Gasteiger partial charge on any atom is -0.495 e. The minimum absolute atomic E-state index is 0.121. The minimum atomic E-state index is -0.387. The van der Waals surface area contributed by atoms with Crippen LogP contribution < -0.4 is 10.1 Å². The molecule has 0 saturated carbocycles. The van der Waals surface area contributed by atoms with Crippen LogP contribution in [0.15, 0.2) is 23.4 Å². The number of nitrogens with zero attached hydrogens (tertiary/aromatic N) is 4. The molecule has 0 radical (unpaired) electrons. The highest BCUT2D eigenvalue weighted by atomic mass is 35.5. The van der Waals surface area contributed by atoms with Gasteiger partial charge in [-0.25, -0.2) is 4.68 Å². The van der Waals surface area contributed by atoms with Gasteiger partial charge in [-0.1, -0.05) is 23.4 Å². The molecule has 124 valence electrons. The van der Waals surface area contributed by atoms with E-state index in [-0.39, 0.29) is 17.2 Å². The number of methoxy groups -OCH3 is 1. The molecule has 23 heavy (non-hydrogen) atoms. The molecule has 1 atom stereocenters. The summed E-state index contributed by atoms with van der Waals surface area (Å²) in [4.78, 5) is 12.4. The van der Waals surface area contributed by atoms with Crippen LogP contribution in [0.25, 0.3) is 0 Å². The Morgan fingerprint density at radius 2 is 2.13 bits per heavy atom. The van der Waals surface area contributed by atoms with E-state index < -0.39 is 0 Å². The second kappa shape index (κ2) is 7.65. The van der Waals surface area contributed by atoms with Crippen LogP contribution in [0, 0.1) is 0 Å². The lowest BCUT2D eigenvalue weighted by Crippen LogP contribution is -2.23. The SMILES string of the molecule is COc1ccc(Cl)cc1NC(=O)C(C)Sc1nnnn1C(C)C. The average molecular weight is 356 g/mol. The van der Waals surface area contributed by atoms with Crippen molar-refractivity contribution in [3.8, 4) is 5.75 Å². The van der Waals surface area contributed by atoms with E-state index in [1.165, 1.54) is 18.9 Å². The van der Waals surface area contributed by atoms with E-state index in [9.17, 15) is 4.79 Å². The first kappa shape index (κ1) is 17.6. The molecule has 9 heteroatoms. The summed E-state index contributed by atoms with van der Waals surface area (Å²) >= 11 is 7.26. The molecule has 1 aromatic heterocycles. The highest BCUT2D eigenvalue weighted by Gasteiger charge is 2.20. The number of thioether (sulfide) groups is 1. The number of tetrazole rings is 1. The fourth-order valence-corrected chi connectivity index (χ4v) is 2.90. The molecule has 2 rings (SSSR count). The van der Waals surface area contributed by atoms with Gasteiger partial charge >= 0.3 is 0 Å². The number of rotatable bonds is 6. The largest absolute Gasteiger partial charge is 0.495 e. The maximum Gasteiger partial charge on any atom is 0.237 e. The van der Waals surface area contributed by atoms with Crippen molar-refractivity contribution in [3.05, 3.63) is 23.2 Å². The van der Waals surface area contributed by atoms with Gasteiger partial charge in [0.1, 0.15) is 5.75 Å². The molecule has 0 saturated heterocycles. The molecule has 0 aliphatic heterocycles. The van der Waals surface area contributed by atoms with E-state index in [0.29, 0.717) is 21.6 Å². The number of benzene rings is 1. The number of hydrogen-bond donors (Lipinski definition) is 1. The van der Waals surface area contributed by atoms with Gasteiger partial charge < -0.3 is 10.1 Å². The van der Waals surface area contributed by atoms with Gasteiger partial charge in [-0.2, -0.15) is 0 Å². The third kappa shape index (κ3) is 4.35. The Bertz CT molecular complexity index is 692. The van der Waals surface area contributed by atoms with E-state index in [2.05, 4.69) is 20.8 Å². The van der Waals surface area contributed by atoms with Gasteiger partial charge in [-0.3, -0.25) is 4.79 Å². The molecule has 1 amide bonds. The van der Waals surface area contributed by atoms with E-state index in [4.69, 9.17) is 16.3 Å². The predicted molar refractivity (Wildman–Crippen MR) is 90.2 cm³/mol. The zero-order valence-electron chi connectivity index (χ0n) is 13.3.